The average Bonchev–Trinajstić information content (AvgIpc) is 2.72. The molecule has 0 bridgehead atoms. The first kappa shape index (κ1) is 23.2. The first-order chi connectivity index (χ1) is 15.0. The lowest BCUT2D eigenvalue weighted by Crippen LogP contribution is -2.35. The Balaban J connectivity index is 1.52. The predicted molar refractivity (Wildman–Crippen MR) is 127 cm³/mol. The molecule has 0 radical (unpaired) electrons. The molecule has 4 heteroatoms. The number of halogens is 1. The van der Waals surface area contributed by atoms with Crippen LogP contribution in [0.1, 0.15) is 50.7 Å². The van der Waals surface area contributed by atoms with Crippen molar-refractivity contribution >= 4 is 11.4 Å². The Morgan fingerprint density at radius 1 is 1.23 bits per heavy atom. The van der Waals surface area contributed by atoms with Crippen LogP contribution in [0.3, 0.4) is 0 Å². The molecule has 2 N–H and O–H groups in total. The van der Waals surface area contributed by atoms with Gasteiger partial charge in [0.25, 0.3) is 0 Å². The molecule has 1 fully saturated rings. The number of rotatable bonds is 10. The van der Waals surface area contributed by atoms with Crippen molar-refractivity contribution < 1.29 is 9.13 Å². The predicted octanol–water partition coefficient (Wildman–Crippen LogP) is 6.73. The normalized spacial score (nSPS) is 21.0. The number of hydrogen-bond acceptors (Lipinski definition) is 3. The van der Waals surface area contributed by atoms with Gasteiger partial charge in [0, 0.05) is 11.8 Å². The van der Waals surface area contributed by atoms with Gasteiger partial charge in [-0.2, -0.15) is 0 Å². The van der Waals surface area contributed by atoms with Gasteiger partial charge in [-0.1, -0.05) is 37.3 Å². The van der Waals surface area contributed by atoms with Crippen LogP contribution >= 0.6 is 0 Å². The van der Waals surface area contributed by atoms with Crippen molar-refractivity contribution in [3.63, 3.8) is 0 Å². The van der Waals surface area contributed by atoms with Crippen LogP contribution in [0.4, 0.5) is 10.1 Å². The van der Waals surface area contributed by atoms with Crippen molar-refractivity contribution in [3.05, 3.63) is 77.8 Å². The van der Waals surface area contributed by atoms with E-state index in [0.29, 0.717) is 24.4 Å². The molecule has 2 atom stereocenters. The summed E-state index contributed by atoms with van der Waals surface area (Å²) >= 11 is 0. The van der Waals surface area contributed by atoms with Crippen LogP contribution in [-0.4, -0.2) is 11.8 Å². The zero-order valence-electron chi connectivity index (χ0n) is 18.9. The van der Waals surface area contributed by atoms with Gasteiger partial charge >= 0.3 is 0 Å². The van der Waals surface area contributed by atoms with Gasteiger partial charge in [0.15, 0.2) is 0 Å². The minimum absolute atomic E-state index is 0.114. The fourth-order valence-corrected chi connectivity index (χ4v) is 4.37. The molecule has 2 unspecified atom stereocenters. The van der Waals surface area contributed by atoms with Gasteiger partial charge in [0.2, 0.25) is 0 Å². The summed E-state index contributed by atoms with van der Waals surface area (Å²) in [5.74, 6) is 1.40. The maximum Gasteiger partial charge on any atom is 0.123 e. The third-order valence-electron chi connectivity index (χ3n) is 6.22. The summed E-state index contributed by atoms with van der Waals surface area (Å²) in [6, 6.07) is 14.8. The van der Waals surface area contributed by atoms with E-state index in [1.54, 1.807) is 6.07 Å². The highest BCUT2D eigenvalue weighted by atomic mass is 19.1. The molecule has 1 aliphatic rings. The quantitative estimate of drug-likeness (QED) is 0.341. The fraction of sp³-hybridized carbons (Fsp3) is 0.444. The second-order valence-electron chi connectivity index (χ2n) is 8.82. The average molecular weight is 423 g/mol. The van der Waals surface area contributed by atoms with E-state index in [1.165, 1.54) is 30.5 Å². The number of ether oxygens (including phenoxy) is 1. The molecule has 31 heavy (non-hydrogen) atoms. The number of allylic oxidation sites excluding steroid dienone is 1. The molecular weight excluding hydrogens is 387 g/mol. The van der Waals surface area contributed by atoms with Crippen LogP contribution in [0.5, 0.6) is 0 Å². The molecule has 2 aromatic rings. The number of nitrogens with zero attached hydrogens (tertiary/aromatic N) is 1. The molecule has 1 saturated carbocycles. The maximum atomic E-state index is 13.4. The summed E-state index contributed by atoms with van der Waals surface area (Å²) in [5.41, 5.74) is 10.2. The maximum absolute atomic E-state index is 13.4. The molecule has 0 aliphatic heterocycles. The van der Waals surface area contributed by atoms with Gasteiger partial charge in [-0.3, -0.25) is 4.99 Å². The van der Waals surface area contributed by atoms with E-state index < -0.39 is 0 Å². The van der Waals surface area contributed by atoms with Crippen molar-refractivity contribution in [3.8, 4) is 0 Å². The number of aryl methyl sites for hydroxylation is 1. The summed E-state index contributed by atoms with van der Waals surface area (Å²) in [7, 11) is 0. The first-order valence-electron chi connectivity index (χ1n) is 11.4. The van der Waals surface area contributed by atoms with E-state index in [1.807, 2.05) is 38.3 Å². The molecule has 1 aliphatic carbocycles. The minimum Gasteiger partial charge on any atom is -0.497 e. The van der Waals surface area contributed by atoms with Gasteiger partial charge in [-0.15, -0.1) is 0 Å². The summed E-state index contributed by atoms with van der Waals surface area (Å²) in [5, 5.41) is 0. The molecule has 3 rings (SSSR count). The van der Waals surface area contributed by atoms with Crippen LogP contribution < -0.4 is 5.73 Å². The smallest absolute Gasteiger partial charge is 0.123 e. The molecule has 0 amide bonds. The lowest BCUT2D eigenvalue weighted by Gasteiger charge is -2.36. The summed E-state index contributed by atoms with van der Waals surface area (Å²) < 4.78 is 19.1. The van der Waals surface area contributed by atoms with Crippen molar-refractivity contribution in [2.24, 2.45) is 28.5 Å². The van der Waals surface area contributed by atoms with Gasteiger partial charge in [0.1, 0.15) is 12.4 Å². The standard InChI is InChI=1S/C27H35FN2O/c1-4-24(27(20(3)29)30-26-11-10-25(28)14-19(26)2)17-23-15-22(16-23)12-13-31-18-21-8-6-5-7-9-21/h5-14,20,22-24H,4,15-18,29H2,1-3H3. The van der Waals surface area contributed by atoms with Crippen molar-refractivity contribution in [2.45, 2.75) is 59.1 Å². The van der Waals surface area contributed by atoms with Crippen LogP contribution in [0.2, 0.25) is 0 Å². The molecule has 0 saturated heterocycles. The zero-order valence-corrected chi connectivity index (χ0v) is 18.9. The van der Waals surface area contributed by atoms with Gasteiger partial charge in [0.05, 0.1) is 11.9 Å². The molecule has 0 spiro atoms. The molecule has 0 aromatic heterocycles. The van der Waals surface area contributed by atoms with Gasteiger partial charge in [-0.25, -0.2) is 4.39 Å². The number of aliphatic imine (C=N–C) groups is 1. The number of benzene rings is 2. The highest BCUT2D eigenvalue weighted by Crippen LogP contribution is 2.40. The number of nitrogens with two attached hydrogens (primary N) is 1. The van der Waals surface area contributed by atoms with Crippen LogP contribution in [0.15, 0.2) is 65.9 Å². The van der Waals surface area contributed by atoms with E-state index >= 15 is 0 Å². The second-order valence-corrected chi connectivity index (χ2v) is 8.82. The highest BCUT2D eigenvalue weighted by molar-refractivity contribution is 5.93. The van der Waals surface area contributed by atoms with Gasteiger partial charge in [-0.05, 0) is 92.7 Å². The van der Waals surface area contributed by atoms with Crippen molar-refractivity contribution in [1.29, 1.82) is 0 Å². The van der Waals surface area contributed by atoms with E-state index in [4.69, 9.17) is 15.5 Å². The lowest BCUT2D eigenvalue weighted by atomic mass is 9.70. The van der Waals surface area contributed by atoms with Gasteiger partial charge < -0.3 is 10.5 Å². The third-order valence-corrected chi connectivity index (χ3v) is 6.22. The summed E-state index contributed by atoms with van der Waals surface area (Å²) in [4.78, 5) is 4.88. The van der Waals surface area contributed by atoms with Crippen molar-refractivity contribution in [2.75, 3.05) is 0 Å². The van der Waals surface area contributed by atoms with Crippen LogP contribution in [0, 0.1) is 30.5 Å². The Morgan fingerprint density at radius 3 is 2.61 bits per heavy atom. The monoisotopic (exact) mass is 422 g/mol. The topological polar surface area (TPSA) is 47.6 Å². The fourth-order valence-electron chi connectivity index (χ4n) is 4.37. The number of hydrogen-bond donors (Lipinski definition) is 1. The Bertz CT molecular complexity index is 885. The SMILES string of the molecule is CCC(CC1CC(C=COCc2ccccc2)C1)C(=Nc1ccc(F)cc1C)C(C)N. The lowest BCUT2D eigenvalue weighted by molar-refractivity contribution is 0.194. The van der Waals surface area contributed by atoms with E-state index in [-0.39, 0.29) is 11.9 Å². The van der Waals surface area contributed by atoms with E-state index in [9.17, 15) is 4.39 Å². The molecule has 166 valence electrons. The molecule has 0 heterocycles. The second kappa shape index (κ2) is 11.2. The highest BCUT2D eigenvalue weighted by Gasteiger charge is 2.31. The van der Waals surface area contributed by atoms with Crippen molar-refractivity contribution in [1.82, 2.24) is 0 Å². The Labute approximate surface area is 186 Å². The Morgan fingerprint density at radius 2 is 1.97 bits per heavy atom. The molecular formula is C27H35FN2O. The molecule has 2 aromatic carbocycles. The minimum atomic E-state index is -0.229. The zero-order chi connectivity index (χ0) is 22.2. The summed E-state index contributed by atoms with van der Waals surface area (Å²) in [6.07, 6.45) is 8.54. The third kappa shape index (κ3) is 6.76. The largest absolute Gasteiger partial charge is 0.497 e. The van der Waals surface area contributed by atoms with E-state index in [2.05, 4.69) is 25.1 Å². The summed E-state index contributed by atoms with van der Waals surface area (Å²) in [6.45, 7) is 6.71. The Hall–Kier alpha value is -2.46. The Kier molecular flexibility index (Phi) is 8.42. The first-order valence-corrected chi connectivity index (χ1v) is 11.4. The van der Waals surface area contributed by atoms with E-state index in [0.717, 1.165) is 29.8 Å². The molecule has 3 nitrogen and oxygen atoms in total. The van der Waals surface area contributed by atoms with Crippen LogP contribution in [0.25, 0.3) is 0 Å². The van der Waals surface area contributed by atoms with Crippen LogP contribution in [-0.2, 0) is 11.3 Å².